The highest BCUT2D eigenvalue weighted by Gasteiger charge is 2.70. The van der Waals surface area contributed by atoms with Gasteiger partial charge in [-0.1, -0.05) is 60.1 Å². The summed E-state index contributed by atoms with van der Waals surface area (Å²) in [4.78, 5) is 11.9. The van der Waals surface area contributed by atoms with Gasteiger partial charge in [0.25, 0.3) is 0 Å². The lowest BCUT2D eigenvalue weighted by atomic mass is 9.31. The molecule has 3 heteroatoms. The molecule has 5 aliphatic rings. The van der Waals surface area contributed by atoms with Crippen molar-refractivity contribution in [2.75, 3.05) is 0 Å². The topological polar surface area (TPSA) is 46.5 Å². The van der Waals surface area contributed by atoms with Crippen molar-refractivity contribution in [2.45, 2.75) is 126 Å². The van der Waals surface area contributed by atoms with Gasteiger partial charge in [0.2, 0.25) is 0 Å². The number of hydrogen-bond acceptors (Lipinski definition) is 3. The van der Waals surface area contributed by atoms with E-state index in [2.05, 4.69) is 61.5 Å². The molecule has 3 nitrogen and oxygen atoms in total. The van der Waals surface area contributed by atoms with Gasteiger partial charge in [-0.3, -0.25) is 4.79 Å². The molecule has 35 heavy (non-hydrogen) atoms. The summed E-state index contributed by atoms with van der Waals surface area (Å²) in [6.45, 7) is 21.4. The number of rotatable bonds is 1. The van der Waals surface area contributed by atoms with E-state index in [9.17, 15) is 9.90 Å². The smallest absolute Gasteiger partial charge is 0.302 e. The molecular weight excluding hydrogens is 432 g/mol. The number of carbonyl (C=O) groups is 1. The van der Waals surface area contributed by atoms with E-state index in [1.54, 1.807) is 6.92 Å². The van der Waals surface area contributed by atoms with Crippen LogP contribution < -0.4 is 0 Å². The van der Waals surface area contributed by atoms with E-state index >= 15 is 0 Å². The lowest BCUT2D eigenvalue weighted by Crippen LogP contribution is -2.68. The minimum atomic E-state index is -0.301. The van der Waals surface area contributed by atoms with E-state index in [1.807, 2.05) is 0 Å². The Kier molecular flexibility index (Phi) is 5.78. The average Bonchev–Trinajstić information content (AvgIpc) is 2.75. The van der Waals surface area contributed by atoms with Crippen LogP contribution in [0.4, 0.5) is 0 Å². The molecule has 0 amide bonds. The number of esters is 1. The SMILES string of the molecule is CC(=O)O[C@H]1CC[C@]2(C)[C@H]3CC[C@@H]4[C@@H]5[C@H](C)C(C)=C[C@H](O)[C@]5(C)CC[C@@]4(C)[C@]3(C)CC[C@H]2C1(C)C. The first-order valence-corrected chi connectivity index (χ1v) is 14.7. The van der Waals surface area contributed by atoms with E-state index in [0.29, 0.717) is 39.9 Å². The lowest BCUT2D eigenvalue weighted by molar-refractivity contribution is -0.257. The Bertz CT molecular complexity index is 920. The highest BCUT2D eigenvalue weighted by Crippen LogP contribution is 2.76. The van der Waals surface area contributed by atoms with Crippen LogP contribution in [0.25, 0.3) is 0 Å². The molecule has 0 aliphatic heterocycles. The molecule has 0 aromatic rings. The number of ether oxygens (including phenoxy) is 1. The Morgan fingerprint density at radius 3 is 2.23 bits per heavy atom. The summed E-state index contributed by atoms with van der Waals surface area (Å²) in [6.07, 6.45) is 11.6. The van der Waals surface area contributed by atoms with E-state index < -0.39 is 0 Å². The highest BCUT2D eigenvalue weighted by molar-refractivity contribution is 5.66. The van der Waals surface area contributed by atoms with Crippen molar-refractivity contribution < 1.29 is 14.6 Å². The number of aliphatic hydroxyl groups excluding tert-OH is 1. The first-order chi connectivity index (χ1) is 16.1. The van der Waals surface area contributed by atoms with Crippen molar-refractivity contribution >= 4 is 5.97 Å². The van der Waals surface area contributed by atoms with E-state index in [1.165, 1.54) is 44.1 Å². The fourth-order valence-electron chi connectivity index (χ4n) is 11.7. The van der Waals surface area contributed by atoms with Crippen LogP contribution in [0.5, 0.6) is 0 Å². The predicted octanol–water partition coefficient (Wildman–Crippen LogP) is 7.57. The second-order valence-electron chi connectivity index (χ2n) is 15.3. The van der Waals surface area contributed by atoms with Crippen molar-refractivity contribution in [1.29, 1.82) is 0 Å². The van der Waals surface area contributed by atoms with Crippen LogP contribution in [0.3, 0.4) is 0 Å². The monoisotopic (exact) mass is 484 g/mol. The third-order valence-electron chi connectivity index (χ3n) is 13.9. The molecule has 0 spiro atoms. The normalized spacial score (nSPS) is 54.9. The number of fused-ring (bicyclic) bond motifs is 7. The van der Waals surface area contributed by atoms with Crippen molar-refractivity contribution in [2.24, 2.45) is 56.7 Å². The highest BCUT2D eigenvalue weighted by atomic mass is 16.5. The summed E-state index contributed by atoms with van der Waals surface area (Å²) in [6, 6.07) is 0. The molecule has 11 atom stereocenters. The average molecular weight is 485 g/mol. The van der Waals surface area contributed by atoms with Crippen LogP contribution >= 0.6 is 0 Å². The Labute approximate surface area is 214 Å². The van der Waals surface area contributed by atoms with Crippen molar-refractivity contribution in [1.82, 2.24) is 0 Å². The Morgan fingerprint density at radius 1 is 0.886 bits per heavy atom. The van der Waals surface area contributed by atoms with Gasteiger partial charge in [-0.05, 0) is 104 Å². The lowest BCUT2D eigenvalue weighted by Gasteiger charge is -2.73. The standard InChI is InChI=1S/C32H52O3/c1-19-18-25(34)30(7)16-17-31(8)22(27(30)20(19)2)10-11-24-29(6)14-13-26(35-21(3)33)28(4,5)23(29)12-15-32(24,31)9/h18,20,22-27,34H,10-17H2,1-9H3/t20-,22-,23+,24-,25+,26+,27+,29+,30+,31-,32-/m1/s1. The molecule has 0 heterocycles. The van der Waals surface area contributed by atoms with E-state index in [-0.39, 0.29) is 29.0 Å². The van der Waals surface area contributed by atoms with Crippen LogP contribution in [0.1, 0.15) is 114 Å². The Hall–Kier alpha value is -0.830. The summed E-state index contributed by atoms with van der Waals surface area (Å²) in [7, 11) is 0. The molecule has 0 aromatic heterocycles. The molecule has 5 aliphatic carbocycles. The molecule has 5 rings (SSSR count). The van der Waals surface area contributed by atoms with Gasteiger partial charge in [-0.25, -0.2) is 0 Å². The third-order valence-corrected chi connectivity index (χ3v) is 13.9. The Balaban J connectivity index is 1.51. The predicted molar refractivity (Wildman–Crippen MR) is 142 cm³/mol. The summed E-state index contributed by atoms with van der Waals surface area (Å²) in [5.41, 5.74) is 2.38. The molecule has 0 bridgehead atoms. The summed E-state index contributed by atoms with van der Waals surface area (Å²) in [5.74, 6) is 3.00. The number of hydrogen-bond donors (Lipinski definition) is 1. The van der Waals surface area contributed by atoms with Crippen LogP contribution in [-0.4, -0.2) is 23.3 Å². The molecule has 0 aromatic carbocycles. The molecule has 0 saturated heterocycles. The molecule has 0 radical (unpaired) electrons. The maximum Gasteiger partial charge on any atom is 0.302 e. The minimum Gasteiger partial charge on any atom is -0.462 e. The molecule has 198 valence electrons. The van der Waals surface area contributed by atoms with E-state index in [4.69, 9.17) is 4.74 Å². The second kappa shape index (κ2) is 7.84. The summed E-state index contributed by atoms with van der Waals surface area (Å²) in [5, 5.41) is 11.3. The van der Waals surface area contributed by atoms with Gasteiger partial charge in [-0.15, -0.1) is 0 Å². The van der Waals surface area contributed by atoms with Crippen molar-refractivity contribution in [3.05, 3.63) is 11.6 Å². The van der Waals surface area contributed by atoms with E-state index in [0.717, 1.165) is 18.8 Å². The molecule has 4 fully saturated rings. The maximum atomic E-state index is 11.9. The third kappa shape index (κ3) is 3.21. The zero-order valence-corrected chi connectivity index (χ0v) is 24.0. The molecular formula is C32H52O3. The summed E-state index contributed by atoms with van der Waals surface area (Å²) < 4.78 is 5.90. The second-order valence-corrected chi connectivity index (χ2v) is 15.3. The van der Waals surface area contributed by atoms with Gasteiger partial charge < -0.3 is 9.84 Å². The number of aliphatic hydroxyl groups is 1. The molecule has 0 unspecified atom stereocenters. The largest absolute Gasteiger partial charge is 0.462 e. The molecule has 4 saturated carbocycles. The zero-order chi connectivity index (χ0) is 25.8. The summed E-state index contributed by atoms with van der Waals surface area (Å²) >= 11 is 0. The van der Waals surface area contributed by atoms with Crippen molar-refractivity contribution in [3.63, 3.8) is 0 Å². The van der Waals surface area contributed by atoms with Gasteiger partial charge >= 0.3 is 5.97 Å². The first kappa shape index (κ1) is 25.8. The van der Waals surface area contributed by atoms with Gasteiger partial charge in [0.15, 0.2) is 0 Å². The molecule has 1 N–H and O–H groups in total. The van der Waals surface area contributed by atoms with Crippen LogP contribution in [0.15, 0.2) is 11.6 Å². The Morgan fingerprint density at radius 2 is 1.57 bits per heavy atom. The van der Waals surface area contributed by atoms with Crippen LogP contribution in [0, 0.1) is 56.7 Å². The minimum absolute atomic E-state index is 0.0114. The van der Waals surface area contributed by atoms with Gasteiger partial charge in [0.1, 0.15) is 6.10 Å². The van der Waals surface area contributed by atoms with Crippen molar-refractivity contribution in [3.8, 4) is 0 Å². The number of carbonyl (C=O) groups excluding carboxylic acids is 1. The van der Waals surface area contributed by atoms with Crippen LogP contribution in [-0.2, 0) is 9.53 Å². The van der Waals surface area contributed by atoms with Gasteiger partial charge in [0, 0.05) is 17.8 Å². The van der Waals surface area contributed by atoms with Gasteiger partial charge in [0.05, 0.1) is 6.10 Å². The van der Waals surface area contributed by atoms with Gasteiger partial charge in [-0.2, -0.15) is 0 Å². The zero-order valence-electron chi connectivity index (χ0n) is 24.0. The quantitative estimate of drug-likeness (QED) is 0.308. The van der Waals surface area contributed by atoms with Crippen LogP contribution in [0.2, 0.25) is 0 Å². The fourth-order valence-corrected chi connectivity index (χ4v) is 11.7. The maximum absolute atomic E-state index is 11.9. The fraction of sp³-hybridized carbons (Fsp3) is 0.906. The number of allylic oxidation sites excluding steroid dienone is 1. The first-order valence-electron chi connectivity index (χ1n) is 14.7.